The molecule has 3 nitrogen and oxygen atoms in total. The van der Waals surface area contributed by atoms with Gasteiger partial charge < -0.3 is 10.1 Å². The van der Waals surface area contributed by atoms with Crippen LogP contribution in [0.3, 0.4) is 0 Å². The molecule has 0 radical (unpaired) electrons. The van der Waals surface area contributed by atoms with Crippen LogP contribution in [0.1, 0.15) is 18.9 Å². The van der Waals surface area contributed by atoms with Crippen LogP contribution in [0, 0.1) is 0 Å². The van der Waals surface area contributed by atoms with Crippen molar-refractivity contribution >= 4 is 17.9 Å². The summed E-state index contributed by atoms with van der Waals surface area (Å²) in [6.07, 6.45) is 2.09. The minimum atomic E-state index is -0.407. The van der Waals surface area contributed by atoms with E-state index in [1.54, 1.807) is 11.8 Å². The maximum Gasteiger partial charge on any atom is 0.407 e. The molecule has 4 heteroatoms. The van der Waals surface area contributed by atoms with Crippen molar-refractivity contribution in [1.82, 2.24) is 5.32 Å². The van der Waals surface area contributed by atoms with E-state index in [0.717, 1.165) is 11.3 Å². The molecule has 1 amide bonds. The molecule has 126 valence electrons. The van der Waals surface area contributed by atoms with Crippen molar-refractivity contribution < 1.29 is 9.53 Å². The molecule has 0 spiro atoms. The lowest BCUT2D eigenvalue weighted by Gasteiger charge is -2.29. The second kappa shape index (κ2) is 9.18. The van der Waals surface area contributed by atoms with Crippen molar-refractivity contribution in [1.29, 1.82) is 0 Å². The fourth-order valence-electron chi connectivity index (χ4n) is 2.23. The fourth-order valence-corrected chi connectivity index (χ4v) is 3.25. The zero-order chi connectivity index (χ0) is 17.3. The molecule has 1 N–H and O–H groups in total. The van der Waals surface area contributed by atoms with Gasteiger partial charge in [-0.25, -0.2) is 4.79 Å². The van der Waals surface area contributed by atoms with Gasteiger partial charge in [0.2, 0.25) is 0 Å². The molecule has 1 atom stereocenters. The number of ether oxygens (including phenoxy) is 1. The number of amides is 1. The summed E-state index contributed by atoms with van der Waals surface area (Å²) in [5.74, 6) is 0.740. The number of nitrogens with one attached hydrogen (secondary N) is 1. The first kappa shape index (κ1) is 18.1. The van der Waals surface area contributed by atoms with Gasteiger partial charge in [0.25, 0.3) is 0 Å². The summed E-state index contributed by atoms with van der Waals surface area (Å²) in [6, 6.07) is 19.8. The fraction of sp³-hybridized carbons (Fsp3) is 0.250. The van der Waals surface area contributed by atoms with Crippen LogP contribution in [-0.4, -0.2) is 17.4 Å². The first-order valence-corrected chi connectivity index (χ1v) is 8.87. The Kier molecular flexibility index (Phi) is 6.94. The standard InChI is InChI=1S/C20H23NO2S/c1-3-14-20(2,16-24-18-12-8-5-9-13-18)21-19(22)23-15-17-10-6-4-7-11-17/h3-13H,1,14-16H2,2H3,(H,21,22)/t20-/m1/s1. The molecule has 0 aliphatic rings. The van der Waals surface area contributed by atoms with Gasteiger partial charge in [-0.2, -0.15) is 0 Å². The zero-order valence-corrected chi connectivity index (χ0v) is 14.7. The van der Waals surface area contributed by atoms with Gasteiger partial charge in [-0.05, 0) is 31.0 Å². The van der Waals surface area contributed by atoms with E-state index in [-0.39, 0.29) is 6.61 Å². The Labute approximate surface area is 148 Å². The van der Waals surface area contributed by atoms with Gasteiger partial charge in [-0.15, -0.1) is 18.3 Å². The second-order valence-corrected chi connectivity index (χ2v) is 6.89. The SMILES string of the molecule is C=CC[C@](C)(CSc1ccccc1)NC(=O)OCc1ccccc1. The topological polar surface area (TPSA) is 38.3 Å². The van der Waals surface area contributed by atoms with Gasteiger partial charge in [0.05, 0.1) is 5.54 Å². The summed E-state index contributed by atoms with van der Waals surface area (Å²) >= 11 is 1.71. The number of benzene rings is 2. The van der Waals surface area contributed by atoms with Crippen LogP contribution in [0.5, 0.6) is 0 Å². The average molecular weight is 341 g/mol. The summed E-state index contributed by atoms with van der Waals surface area (Å²) < 4.78 is 5.33. The van der Waals surface area contributed by atoms with Crippen LogP contribution < -0.4 is 5.32 Å². The van der Waals surface area contributed by atoms with Gasteiger partial charge in [-0.1, -0.05) is 54.6 Å². The van der Waals surface area contributed by atoms with Gasteiger partial charge in [0.15, 0.2) is 0 Å². The third kappa shape index (κ3) is 6.13. The largest absolute Gasteiger partial charge is 0.445 e. The summed E-state index contributed by atoms with van der Waals surface area (Å²) in [4.78, 5) is 13.3. The first-order chi connectivity index (χ1) is 11.6. The molecule has 0 aromatic heterocycles. The van der Waals surface area contributed by atoms with Crippen LogP contribution in [0.2, 0.25) is 0 Å². The van der Waals surface area contributed by atoms with E-state index in [4.69, 9.17) is 4.74 Å². The minimum absolute atomic E-state index is 0.267. The summed E-state index contributed by atoms with van der Waals surface area (Å²) in [5, 5.41) is 2.98. The molecule has 0 fully saturated rings. The summed E-state index contributed by atoms with van der Waals surface area (Å²) in [5.41, 5.74) is 0.562. The number of alkyl carbamates (subject to hydrolysis) is 1. The summed E-state index contributed by atoms with van der Waals surface area (Å²) in [6.45, 7) is 6.08. The predicted molar refractivity (Wildman–Crippen MR) is 100 cm³/mol. The molecule has 0 bridgehead atoms. The van der Waals surface area contributed by atoms with Crippen LogP contribution >= 0.6 is 11.8 Å². The lowest BCUT2D eigenvalue weighted by atomic mass is 10.0. The number of thioether (sulfide) groups is 1. The maximum atomic E-state index is 12.1. The molecular formula is C20H23NO2S. The lowest BCUT2D eigenvalue weighted by molar-refractivity contribution is 0.130. The number of carbonyl (C=O) groups is 1. The highest BCUT2D eigenvalue weighted by molar-refractivity contribution is 7.99. The second-order valence-electron chi connectivity index (χ2n) is 5.84. The van der Waals surface area contributed by atoms with Crippen molar-refractivity contribution in [3.05, 3.63) is 78.9 Å². The van der Waals surface area contributed by atoms with Crippen LogP contribution in [0.25, 0.3) is 0 Å². The Morgan fingerprint density at radius 3 is 2.42 bits per heavy atom. The van der Waals surface area contributed by atoms with Crippen molar-refractivity contribution in [2.24, 2.45) is 0 Å². The van der Waals surface area contributed by atoms with E-state index in [0.29, 0.717) is 6.42 Å². The average Bonchev–Trinajstić information content (AvgIpc) is 2.60. The quantitative estimate of drug-likeness (QED) is 0.540. The first-order valence-electron chi connectivity index (χ1n) is 7.89. The monoisotopic (exact) mass is 341 g/mol. The lowest BCUT2D eigenvalue weighted by Crippen LogP contribution is -2.47. The molecular weight excluding hydrogens is 318 g/mol. The molecule has 0 heterocycles. The molecule has 24 heavy (non-hydrogen) atoms. The maximum absolute atomic E-state index is 12.1. The van der Waals surface area contributed by atoms with Crippen LogP contribution in [0.4, 0.5) is 4.79 Å². The number of carbonyl (C=O) groups excluding carboxylic acids is 1. The number of rotatable bonds is 8. The van der Waals surface area contributed by atoms with E-state index in [1.807, 2.05) is 61.5 Å². The summed E-state index contributed by atoms with van der Waals surface area (Å²) in [7, 11) is 0. The highest BCUT2D eigenvalue weighted by atomic mass is 32.2. The highest BCUT2D eigenvalue weighted by Gasteiger charge is 2.26. The van der Waals surface area contributed by atoms with Crippen molar-refractivity contribution in [3.63, 3.8) is 0 Å². The number of hydrogen-bond acceptors (Lipinski definition) is 3. The Morgan fingerprint density at radius 1 is 1.17 bits per heavy atom. The zero-order valence-electron chi connectivity index (χ0n) is 13.9. The van der Waals surface area contributed by atoms with Crippen molar-refractivity contribution in [3.8, 4) is 0 Å². The molecule has 2 aromatic carbocycles. The Balaban J connectivity index is 1.88. The van der Waals surface area contributed by atoms with E-state index >= 15 is 0 Å². The van der Waals surface area contributed by atoms with Gasteiger partial charge >= 0.3 is 6.09 Å². The van der Waals surface area contributed by atoms with E-state index in [9.17, 15) is 4.79 Å². The van der Waals surface area contributed by atoms with E-state index in [2.05, 4.69) is 24.0 Å². The Bertz CT molecular complexity index is 645. The minimum Gasteiger partial charge on any atom is -0.445 e. The van der Waals surface area contributed by atoms with Gasteiger partial charge in [0, 0.05) is 10.6 Å². The smallest absolute Gasteiger partial charge is 0.407 e. The molecule has 0 aliphatic heterocycles. The van der Waals surface area contributed by atoms with Gasteiger partial charge in [0.1, 0.15) is 6.61 Å². The number of hydrogen-bond donors (Lipinski definition) is 1. The predicted octanol–water partition coefficient (Wildman–Crippen LogP) is 5.04. The third-order valence-corrected chi connectivity index (χ3v) is 4.90. The normalized spacial score (nSPS) is 12.9. The van der Waals surface area contributed by atoms with E-state index in [1.165, 1.54) is 4.90 Å². The van der Waals surface area contributed by atoms with E-state index < -0.39 is 11.6 Å². The highest BCUT2D eigenvalue weighted by Crippen LogP contribution is 2.24. The van der Waals surface area contributed by atoms with Crippen molar-refractivity contribution in [2.75, 3.05) is 5.75 Å². The molecule has 0 saturated carbocycles. The van der Waals surface area contributed by atoms with Gasteiger partial charge in [-0.3, -0.25) is 0 Å². The Hall–Kier alpha value is -2.20. The molecule has 2 rings (SSSR count). The Morgan fingerprint density at radius 2 is 1.79 bits per heavy atom. The molecule has 0 saturated heterocycles. The van der Waals surface area contributed by atoms with Crippen molar-refractivity contribution in [2.45, 2.75) is 30.4 Å². The van der Waals surface area contributed by atoms with Crippen LogP contribution in [-0.2, 0) is 11.3 Å². The third-order valence-electron chi connectivity index (χ3n) is 3.51. The molecule has 0 aliphatic carbocycles. The van der Waals surface area contributed by atoms with Crippen LogP contribution in [0.15, 0.2) is 78.2 Å². The molecule has 2 aromatic rings. The molecule has 0 unspecified atom stereocenters.